The van der Waals surface area contributed by atoms with Gasteiger partial charge in [-0.05, 0) is 17.7 Å². The van der Waals surface area contributed by atoms with E-state index >= 15 is 0 Å². The van der Waals surface area contributed by atoms with E-state index in [0.717, 1.165) is 11.3 Å². The molecule has 0 fully saturated rings. The average molecular weight is 344 g/mol. The van der Waals surface area contributed by atoms with Crippen LogP contribution in [0.1, 0.15) is 15.9 Å². The summed E-state index contributed by atoms with van der Waals surface area (Å²) in [7, 11) is 1.90. The Bertz CT molecular complexity index is 966. The van der Waals surface area contributed by atoms with Crippen molar-refractivity contribution in [2.75, 3.05) is 11.9 Å². The SMILES string of the molecule is CN(Cc1ccccc1)c1cc(Cl)c2cc(C(=O)O)c(=O)oc2c1. The lowest BCUT2D eigenvalue weighted by Gasteiger charge is -2.20. The van der Waals surface area contributed by atoms with Crippen LogP contribution in [-0.2, 0) is 6.54 Å². The lowest BCUT2D eigenvalue weighted by atomic mass is 10.1. The number of benzene rings is 2. The summed E-state index contributed by atoms with van der Waals surface area (Å²) in [6, 6.07) is 14.5. The van der Waals surface area contributed by atoms with Gasteiger partial charge in [0, 0.05) is 30.7 Å². The van der Waals surface area contributed by atoms with Gasteiger partial charge in [-0.2, -0.15) is 0 Å². The zero-order chi connectivity index (χ0) is 17.3. The summed E-state index contributed by atoms with van der Waals surface area (Å²) in [5.74, 6) is -1.34. The summed E-state index contributed by atoms with van der Waals surface area (Å²) >= 11 is 6.26. The highest BCUT2D eigenvalue weighted by Gasteiger charge is 2.15. The number of carboxylic acid groups (broad SMARTS) is 1. The highest BCUT2D eigenvalue weighted by molar-refractivity contribution is 6.35. The standard InChI is InChI=1S/C18H14ClNO4/c1-20(10-11-5-3-2-4-6-11)12-7-15(19)13-9-14(17(21)22)18(23)24-16(13)8-12/h2-9H,10H2,1H3,(H,21,22). The minimum atomic E-state index is -1.34. The van der Waals surface area contributed by atoms with Crippen LogP contribution in [-0.4, -0.2) is 18.1 Å². The molecule has 0 bridgehead atoms. The molecule has 0 saturated carbocycles. The van der Waals surface area contributed by atoms with Crippen LogP contribution >= 0.6 is 11.6 Å². The van der Waals surface area contributed by atoms with Crippen LogP contribution in [0.15, 0.2) is 57.7 Å². The molecular formula is C18H14ClNO4. The molecule has 122 valence electrons. The number of hydrogen-bond acceptors (Lipinski definition) is 4. The van der Waals surface area contributed by atoms with Crippen molar-refractivity contribution in [1.82, 2.24) is 0 Å². The summed E-state index contributed by atoms with van der Waals surface area (Å²) in [4.78, 5) is 24.8. The van der Waals surface area contributed by atoms with E-state index in [1.165, 1.54) is 6.07 Å². The maximum Gasteiger partial charge on any atom is 0.351 e. The van der Waals surface area contributed by atoms with Crippen molar-refractivity contribution in [1.29, 1.82) is 0 Å². The van der Waals surface area contributed by atoms with Gasteiger partial charge in [-0.15, -0.1) is 0 Å². The van der Waals surface area contributed by atoms with E-state index < -0.39 is 17.2 Å². The van der Waals surface area contributed by atoms with Gasteiger partial charge < -0.3 is 14.4 Å². The maximum atomic E-state index is 11.8. The first-order chi connectivity index (χ1) is 11.5. The van der Waals surface area contributed by atoms with Gasteiger partial charge in [-0.25, -0.2) is 9.59 Å². The minimum Gasteiger partial charge on any atom is -0.477 e. The molecule has 2 aromatic carbocycles. The van der Waals surface area contributed by atoms with Crippen molar-refractivity contribution in [3.05, 3.63) is 75.1 Å². The molecule has 3 aromatic rings. The highest BCUT2D eigenvalue weighted by Crippen LogP contribution is 2.30. The number of hydrogen-bond donors (Lipinski definition) is 1. The molecule has 24 heavy (non-hydrogen) atoms. The average Bonchev–Trinajstić information content (AvgIpc) is 2.54. The molecule has 6 heteroatoms. The number of rotatable bonds is 4. The van der Waals surface area contributed by atoms with Gasteiger partial charge in [-0.3, -0.25) is 0 Å². The number of fused-ring (bicyclic) bond motifs is 1. The van der Waals surface area contributed by atoms with E-state index in [9.17, 15) is 9.59 Å². The Kier molecular flexibility index (Phi) is 4.27. The van der Waals surface area contributed by atoms with Crippen LogP contribution in [0.4, 0.5) is 5.69 Å². The second-order valence-electron chi connectivity index (χ2n) is 5.43. The predicted octanol–water partition coefficient (Wildman–Crippen LogP) is 3.78. The first-order valence-electron chi connectivity index (χ1n) is 7.21. The number of halogens is 1. The molecule has 1 heterocycles. The zero-order valence-corrected chi connectivity index (χ0v) is 13.6. The van der Waals surface area contributed by atoms with Crippen molar-refractivity contribution in [3.8, 4) is 0 Å². The Balaban J connectivity index is 2.03. The second kappa shape index (κ2) is 6.37. The minimum absolute atomic E-state index is 0.257. The van der Waals surface area contributed by atoms with Gasteiger partial charge in [0.1, 0.15) is 11.1 Å². The molecule has 0 radical (unpaired) electrons. The van der Waals surface area contributed by atoms with Gasteiger partial charge in [-0.1, -0.05) is 41.9 Å². The molecule has 1 N–H and O–H groups in total. The van der Waals surface area contributed by atoms with Crippen LogP contribution in [0.2, 0.25) is 5.02 Å². The Hall–Kier alpha value is -2.79. The molecule has 0 spiro atoms. The topological polar surface area (TPSA) is 70.8 Å². The number of aromatic carboxylic acids is 1. The third-order valence-corrected chi connectivity index (χ3v) is 4.03. The molecule has 0 atom stereocenters. The van der Waals surface area contributed by atoms with E-state index in [1.54, 1.807) is 12.1 Å². The normalized spacial score (nSPS) is 10.8. The molecule has 0 aliphatic heterocycles. The highest BCUT2D eigenvalue weighted by atomic mass is 35.5. The maximum absolute atomic E-state index is 11.8. The Labute approximate surface area is 142 Å². The van der Waals surface area contributed by atoms with Crippen LogP contribution in [0, 0.1) is 0 Å². The van der Waals surface area contributed by atoms with E-state index in [0.29, 0.717) is 17.0 Å². The molecule has 0 aliphatic rings. The fourth-order valence-corrected chi connectivity index (χ4v) is 2.74. The van der Waals surface area contributed by atoms with E-state index in [-0.39, 0.29) is 5.58 Å². The first kappa shape index (κ1) is 16.1. The van der Waals surface area contributed by atoms with E-state index in [1.807, 2.05) is 42.3 Å². The van der Waals surface area contributed by atoms with Gasteiger partial charge >= 0.3 is 11.6 Å². The monoisotopic (exact) mass is 343 g/mol. The summed E-state index contributed by atoms with van der Waals surface area (Å²) in [6.07, 6.45) is 0. The molecular weight excluding hydrogens is 330 g/mol. The summed E-state index contributed by atoms with van der Waals surface area (Å²) < 4.78 is 5.13. The van der Waals surface area contributed by atoms with Crippen LogP contribution in [0.25, 0.3) is 11.0 Å². The number of carbonyl (C=O) groups is 1. The van der Waals surface area contributed by atoms with Gasteiger partial charge in [0.15, 0.2) is 0 Å². The van der Waals surface area contributed by atoms with Crippen LogP contribution < -0.4 is 10.5 Å². The Morgan fingerprint density at radius 2 is 1.92 bits per heavy atom. The molecule has 0 aliphatic carbocycles. The molecule has 0 amide bonds. The van der Waals surface area contributed by atoms with E-state index in [4.69, 9.17) is 21.1 Å². The third kappa shape index (κ3) is 3.12. The lowest BCUT2D eigenvalue weighted by Crippen LogP contribution is -2.17. The molecule has 0 saturated heterocycles. The smallest absolute Gasteiger partial charge is 0.351 e. The number of carboxylic acids is 1. The lowest BCUT2D eigenvalue weighted by molar-refractivity contribution is 0.0692. The van der Waals surface area contributed by atoms with Crippen molar-refractivity contribution in [3.63, 3.8) is 0 Å². The molecule has 3 rings (SSSR count). The van der Waals surface area contributed by atoms with Crippen LogP contribution in [0.5, 0.6) is 0 Å². The van der Waals surface area contributed by atoms with Crippen molar-refractivity contribution < 1.29 is 14.3 Å². The summed E-state index contributed by atoms with van der Waals surface area (Å²) in [5, 5.41) is 9.73. The van der Waals surface area contributed by atoms with Crippen molar-refractivity contribution in [2.24, 2.45) is 0 Å². The largest absolute Gasteiger partial charge is 0.477 e. The number of anilines is 1. The predicted molar refractivity (Wildman–Crippen MR) is 93.0 cm³/mol. The fraction of sp³-hybridized carbons (Fsp3) is 0.111. The van der Waals surface area contributed by atoms with Crippen molar-refractivity contribution >= 4 is 34.2 Å². The third-order valence-electron chi connectivity index (χ3n) is 3.72. The molecule has 0 unspecified atom stereocenters. The fourth-order valence-electron chi connectivity index (χ4n) is 2.48. The van der Waals surface area contributed by atoms with Gasteiger partial charge in [0.05, 0.1) is 5.02 Å². The quantitative estimate of drug-likeness (QED) is 0.730. The Morgan fingerprint density at radius 3 is 2.58 bits per heavy atom. The van der Waals surface area contributed by atoms with Gasteiger partial charge in [0.2, 0.25) is 0 Å². The summed E-state index contributed by atoms with van der Waals surface area (Å²) in [6.45, 7) is 0.653. The van der Waals surface area contributed by atoms with Gasteiger partial charge in [0.25, 0.3) is 0 Å². The van der Waals surface area contributed by atoms with Crippen LogP contribution in [0.3, 0.4) is 0 Å². The molecule has 1 aromatic heterocycles. The van der Waals surface area contributed by atoms with E-state index in [2.05, 4.69) is 0 Å². The zero-order valence-electron chi connectivity index (χ0n) is 12.8. The Morgan fingerprint density at radius 1 is 1.21 bits per heavy atom. The second-order valence-corrected chi connectivity index (χ2v) is 5.84. The number of nitrogens with zero attached hydrogens (tertiary/aromatic N) is 1. The molecule has 5 nitrogen and oxygen atoms in total. The van der Waals surface area contributed by atoms with Crippen molar-refractivity contribution in [2.45, 2.75) is 6.54 Å². The summed E-state index contributed by atoms with van der Waals surface area (Å²) in [5.41, 5.74) is 0.817. The first-order valence-corrected chi connectivity index (χ1v) is 7.59.